The lowest BCUT2D eigenvalue weighted by atomic mass is 10.1. The van der Waals surface area contributed by atoms with E-state index in [-0.39, 0.29) is 5.75 Å². The fraction of sp³-hybridized carbons (Fsp3) is 0.333. The second kappa shape index (κ2) is 8.17. The van der Waals surface area contributed by atoms with Gasteiger partial charge in [-0.25, -0.2) is 13.1 Å². The van der Waals surface area contributed by atoms with E-state index in [1.54, 1.807) is 20.3 Å². The molecule has 5 nitrogen and oxygen atoms in total. The number of ether oxygens (including phenoxy) is 2. The summed E-state index contributed by atoms with van der Waals surface area (Å²) in [6, 6.07) is 13.0. The van der Waals surface area contributed by atoms with E-state index in [0.717, 1.165) is 16.7 Å². The maximum Gasteiger partial charge on any atom is 0.215 e. The van der Waals surface area contributed by atoms with Gasteiger partial charge in [0.15, 0.2) is 0 Å². The van der Waals surface area contributed by atoms with Gasteiger partial charge in [-0.1, -0.05) is 35.9 Å². The molecule has 2 rings (SSSR count). The third-order valence-corrected chi connectivity index (χ3v) is 5.01. The van der Waals surface area contributed by atoms with Crippen LogP contribution < -0.4 is 14.2 Å². The van der Waals surface area contributed by atoms with Gasteiger partial charge in [-0.3, -0.25) is 0 Å². The summed E-state index contributed by atoms with van der Waals surface area (Å²) in [5, 5.41) is 0. The molecule has 130 valence electrons. The van der Waals surface area contributed by atoms with Crippen molar-refractivity contribution in [1.82, 2.24) is 4.72 Å². The van der Waals surface area contributed by atoms with Gasteiger partial charge in [-0.2, -0.15) is 0 Å². The van der Waals surface area contributed by atoms with Crippen LogP contribution in [0.1, 0.15) is 16.7 Å². The first-order valence-corrected chi connectivity index (χ1v) is 9.32. The zero-order valence-electron chi connectivity index (χ0n) is 14.2. The summed E-state index contributed by atoms with van der Waals surface area (Å²) in [5.41, 5.74) is 2.76. The van der Waals surface area contributed by atoms with Gasteiger partial charge >= 0.3 is 0 Å². The van der Waals surface area contributed by atoms with Crippen LogP contribution >= 0.6 is 0 Å². The van der Waals surface area contributed by atoms with Crippen molar-refractivity contribution in [3.05, 3.63) is 59.2 Å². The number of hydrogen-bond donors (Lipinski definition) is 1. The Bertz CT molecular complexity index is 787. The predicted molar refractivity (Wildman–Crippen MR) is 95.1 cm³/mol. The molecular weight excluding hydrogens is 326 g/mol. The van der Waals surface area contributed by atoms with Crippen LogP contribution in [0.25, 0.3) is 0 Å². The molecule has 0 spiro atoms. The first-order chi connectivity index (χ1) is 11.4. The van der Waals surface area contributed by atoms with Crippen LogP contribution in [-0.4, -0.2) is 29.2 Å². The summed E-state index contributed by atoms with van der Waals surface area (Å²) in [7, 11) is -0.195. The van der Waals surface area contributed by atoms with Crippen LogP contribution in [0.3, 0.4) is 0 Å². The highest BCUT2D eigenvalue weighted by atomic mass is 32.2. The van der Waals surface area contributed by atoms with Gasteiger partial charge in [0.05, 0.1) is 20.0 Å². The van der Waals surface area contributed by atoms with E-state index in [9.17, 15) is 8.42 Å². The van der Waals surface area contributed by atoms with E-state index < -0.39 is 10.0 Å². The Balaban J connectivity index is 1.95. The summed E-state index contributed by atoms with van der Waals surface area (Å²) in [5.74, 6) is 1.37. The summed E-state index contributed by atoms with van der Waals surface area (Å²) < 4.78 is 37.5. The maximum atomic E-state index is 12.2. The molecule has 0 heterocycles. The van der Waals surface area contributed by atoms with Crippen LogP contribution in [0.5, 0.6) is 11.5 Å². The van der Waals surface area contributed by atoms with Gasteiger partial charge in [-0.15, -0.1) is 0 Å². The van der Waals surface area contributed by atoms with Crippen molar-refractivity contribution < 1.29 is 17.9 Å². The lowest BCUT2D eigenvalue weighted by molar-refractivity contribution is 0.391. The van der Waals surface area contributed by atoms with Crippen molar-refractivity contribution in [2.45, 2.75) is 19.1 Å². The Labute approximate surface area is 143 Å². The van der Waals surface area contributed by atoms with Crippen LogP contribution in [0.4, 0.5) is 0 Å². The van der Waals surface area contributed by atoms with Gasteiger partial charge in [0, 0.05) is 12.6 Å². The third-order valence-electron chi connectivity index (χ3n) is 3.65. The van der Waals surface area contributed by atoms with E-state index in [4.69, 9.17) is 9.47 Å². The minimum absolute atomic E-state index is 0.0194. The minimum Gasteiger partial charge on any atom is -0.497 e. The first kappa shape index (κ1) is 18.3. The van der Waals surface area contributed by atoms with Crippen LogP contribution in [-0.2, 0) is 22.2 Å². The number of aryl methyl sites for hydroxylation is 1. The lowest BCUT2D eigenvalue weighted by Gasteiger charge is -2.11. The largest absolute Gasteiger partial charge is 0.497 e. The molecule has 0 aliphatic carbocycles. The lowest BCUT2D eigenvalue weighted by Crippen LogP contribution is -2.27. The van der Waals surface area contributed by atoms with Gasteiger partial charge in [0.1, 0.15) is 11.5 Å². The molecule has 2 aromatic carbocycles. The highest BCUT2D eigenvalue weighted by Gasteiger charge is 2.12. The normalized spacial score (nSPS) is 11.3. The molecule has 0 amide bonds. The third kappa shape index (κ3) is 5.25. The SMILES string of the molecule is COc1ccc(CCNS(=O)(=O)Cc2cccc(C)c2)c(OC)c1. The number of sulfonamides is 1. The summed E-state index contributed by atoms with van der Waals surface area (Å²) in [4.78, 5) is 0. The summed E-state index contributed by atoms with van der Waals surface area (Å²) in [6.07, 6.45) is 0.542. The smallest absolute Gasteiger partial charge is 0.215 e. The Morgan fingerprint density at radius 1 is 1.04 bits per heavy atom. The van der Waals surface area contributed by atoms with Crippen molar-refractivity contribution >= 4 is 10.0 Å². The fourth-order valence-electron chi connectivity index (χ4n) is 2.47. The van der Waals surface area contributed by atoms with Crippen molar-refractivity contribution in [2.24, 2.45) is 0 Å². The molecule has 0 bridgehead atoms. The van der Waals surface area contributed by atoms with Gasteiger partial charge in [0.25, 0.3) is 0 Å². The molecule has 0 aromatic heterocycles. The van der Waals surface area contributed by atoms with E-state index in [1.807, 2.05) is 43.3 Å². The highest BCUT2D eigenvalue weighted by Crippen LogP contribution is 2.24. The van der Waals surface area contributed by atoms with E-state index >= 15 is 0 Å². The molecule has 0 unspecified atom stereocenters. The van der Waals surface area contributed by atoms with Crippen LogP contribution in [0.2, 0.25) is 0 Å². The molecule has 0 saturated carbocycles. The molecular formula is C18H23NO4S. The molecule has 0 aliphatic heterocycles. The molecule has 1 N–H and O–H groups in total. The zero-order chi connectivity index (χ0) is 17.6. The number of nitrogens with one attached hydrogen (secondary N) is 1. The first-order valence-electron chi connectivity index (χ1n) is 7.67. The van der Waals surface area contributed by atoms with Gasteiger partial charge < -0.3 is 9.47 Å². The van der Waals surface area contributed by atoms with E-state index in [0.29, 0.717) is 24.5 Å². The zero-order valence-corrected chi connectivity index (χ0v) is 15.0. The van der Waals surface area contributed by atoms with E-state index in [2.05, 4.69) is 4.72 Å². The number of methoxy groups -OCH3 is 2. The van der Waals surface area contributed by atoms with E-state index in [1.165, 1.54) is 0 Å². The van der Waals surface area contributed by atoms with Crippen LogP contribution in [0.15, 0.2) is 42.5 Å². The molecule has 0 fully saturated rings. The summed E-state index contributed by atoms with van der Waals surface area (Å²) >= 11 is 0. The van der Waals surface area contributed by atoms with Gasteiger partial charge in [-0.05, 0) is 30.5 Å². The monoisotopic (exact) mass is 349 g/mol. The highest BCUT2D eigenvalue weighted by molar-refractivity contribution is 7.88. The Morgan fingerprint density at radius 2 is 1.83 bits per heavy atom. The molecule has 0 saturated heterocycles. The molecule has 0 atom stereocenters. The quantitative estimate of drug-likeness (QED) is 0.796. The molecule has 6 heteroatoms. The number of hydrogen-bond acceptors (Lipinski definition) is 4. The Hall–Kier alpha value is -2.05. The number of benzene rings is 2. The van der Waals surface area contributed by atoms with Gasteiger partial charge in [0.2, 0.25) is 10.0 Å². The molecule has 24 heavy (non-hydrogen) atoms. The Kier molecular flexibility index (Phi) is 6.23. The minimum atomic E-state index is -3.37. The van der Waals surface area contributed by atoms with Crippen molar-refractivity contribution in [3.63, 3.8) is 0 Å². The molecule has 2 aromatic rings. The summed E-state index contributed by atoms with van der Waals surface area (Å²) in [6.45, 7) is 2.26. The van der Waals surface area contributed by atoms with Crippen molar-refractivity contribution in [1.29, 1.82) is 0 Å². The predicted octanol–water partition coefficient (Wildman–Crippen LogP) is 2.67. The van der Waals surface area contributed by atoms with Crippen molar-refractivity contribution in [2.75, 3.05) is 20.8 Å². The second-order valence-corrected chi connectivity index (χ2v) is 7.38. The standard InChI is InChI=1S/C18H23NO4S/c1-14-5-4-6-15(11-14)13-24(20,21)19-10-9-16-7-8-17(22-2)12-18(16)23-3/h4-8,11-12,19H,9-10,13H2,1-3H3. The average Bonchev–Trinajstić information content (AvgIpc) is 2.54. The number of rotatable bonds is 8. The molecule has 0 radical (unpaired) electrons. The van der Waals surface area contributed by atoms with Crippen molar-refractivity contribution in [3.8, 4) is 11.5 Å². The maximum absolute atomic E-state index is 12.2. The average molecular weight is 349 g/mol. The topological polar surface area (TPSA) is 64.6 Å². The van der Waals surface area contributed by atoms with Crippen LogP contribution in [0, 0.1) is 6.92 Å². The molecule has 0 aliphatic rings. The Morgan fingerprint density at radius 3 is 2.50 bits per heavy atom. The second-order valence-electron chi connectivity index (χ2n) is 5.57. The fourth-order valence-corrected chi connectivity index (χ4v) is 3.61.